The van der Waals surface area contributed by atoms with E-state index in [0.717, 1.165) is 43.5 Å². The second kappa shape index (κ2) is 12.6. The SMILES string of the molecule is c1ccc(-c2ccc(-c3cc(-c4ccc(-c5ccccc5)cc4)nc(-c4cc5nc(-c6ccccc6)[se]c5c5ccccc45)n3)cc2)cc1. The minimum absolute atomic E-state index is 0.101. The van der Waals surface area contributed by atoms with Gasteiger partial charge in [0.2, 0.25) is 0 Å². The molecule has 0 aliphatic heterocycles. The predicted octanol–water partition coefficient (Wildman–Crippen LogP) is 11.2. The van der Waals surface area contributed by atoms with Crippen LogP contribution in [0.25, 0.3) is 86.8 Å². The van der Waals surface area contributed by atoms with Gasteiger partial charge in [-0.15, -0.1) is 0 Å². The summed E-state index contributed by atoms with van der Waals surface area (Å²) < 4.78 is 2.47. The van der Waals surface area contributed by atoms with Gasteiger partial charge in [0.15, 0.2) is 0 Å². The van der Waals surface area contributed by atoms with E-state index in [0.29, 0.717) is 5.82 Å². The van der Waals surface area contributed by atoms with Crippen molar-refractivity contribution in [3.05, 3.63) is 176 Å². The molecule has 0 radical (unpaired) electrons. The molecule has 0 saturated heterocycles. The van der Waals surface area contributed by atoms with Crippen molar-refractivity contribution in [2.45, 2.75) is 0 Å². The first kappa shape index (κ1) is 29.2. The standard InChI is InChI=1S/C45H29N3Se/c1-4-12-30(13-5-1)32-20-24-34(25-21-32)40-29-41(35-26-22-33(23-27-35)31-14-6-2-7-15-31)47-44(46-40)39-28-42-43(38-19-11-10-18-37(38)39)49-45(48-42)36-16-8-3-9-17-36/h1-29H. The van der Waals surface area contributed by atoms with Crippen molar-refractivity contribution in [3.8, 4) is 66.3 Å². The van der Waals surface area contributed by atoms with Gasteiger partial charge in [-0.25, -0.2) is 0 Å². The third-order valence-electron chi connectivity index (χ3n) is 8.96. The zero-order valence-corrected chi connectivity index (χ0v) is 28.2. The smallest absolute Gasteiger partial charge is 0.0544 e. The van der Waals surface area contributed by atoms with Gasteiger partial charge in [-0.2, -0.15) is 0 Å². The van der Waals surface area contributed by atoms with E-state index in [-0.39, 0.29) is 14.5 Å². The monoisotopic (exact) mass is 691 g/mol. The Morgan fingerprint density at radius 2 is 0.776 bits per heavy atom. The maximum absolute atomic E-state index is 5.27. The van der Waals surface area contributed by atoms with E-state index in [4.69, 9.17) is 15.0 Å². The van der Waals surface area contributed by atoms with Crippen molar-refractivity contribution in [2.24, 2.45) is 0 Å². The fraction of sp³-hybridized carbons (Fsp3) is 0. The summed E-state index contributed by atoms with van der Waals surface area (Å²) in [6.45, 7) is 0. The molecule has 0 amide bonds. The number of hydrogen-bond acceptors (Lipinski definition) is 3. The zero-order chi connectivity index (χ0) is 32.6. The van der Waals surface area contributed by atoms with E-state index in [1.165, 1.54) is 37.5 Å². The minimum Gasteiger partial charge on any atom is -0.0617 e. The molecule has 0 aliphatic rings. The molecule has 2 heterocycles. The Bertz CT molecular complexity index is 2460. The second-order valence-corrected chi connectivity index (χ2v) is 14.1. The number of aromatic nitrogens is 3. The molecule has 7 aromatic carbocycles. The molecule has 230 valence electrons. The van der Waals surface area contributed by atoms with Crippen LogP contribution in [0.15, 0.2) is 176 Å². The van der Waals surface area contributed by atoms with E-state index < -0.39 is 0 Å². The molecule has 0 spiro atoms. The quantitative estimate of drug-likeness (QED) is 0.163. The number of nitrogens with zero attached hydrogens (tertiary/aromatic N) is 3. The van der Waals surface area contributed by atoms with E-state index >= 15 is 0 Å². The van der Waals surface area contributed by atoms with E-state index in [2.05, 4.69) is 164 Å². The van der Waals surface area contributed by atoms with E-state index in [1.807, 2.05) is 12.1 Å². The summed E-state index contributed by atoms with van der Waals surface area (Å²) in [5, 5.41) is 2.37. The third kappa shape index (κ3) is 5.68. The Balaban J connectivity index is 1.22. The molecule has 0 aliphatic carbocycles. The zero-order valence-electron chi connectivity index (χ0n) is 26.5. The number of rotatable bonds is 6. The van der Waals surface area contributed by atoms with Crippen LogP contribution in [0, 0.1) is 0 Å². The number of benzene rings is 7. The van der Waals surface area contributed by atoms with Gasteiger partial charge in [0.25, 0.3) is 0 Å². The molecule has 0 saturated carbocycles. The summed E-state index contributed by atoms with van der Waals surface area (Å²) >= 11 is 0.101. The Labute approximate surface area is 291 Å². The summed E-state index contributed by atoms with van der Waals surface area (Å²) in [6.07, 6.45) is 0. The van der Waals surface area contributed by atoms with Crippen LogP contribution in [0.2, 0.25) is 0 Å². The van der Waals surface area contributed by atoms with Crippen molar-refractivity contribution in [3.63, 3.8) is 0 Å². The topological polar surface area (TPSA) is 38.7 Å². The normalized spacial score (nSPS) is 11.3. The van der Waals surface area contributed by atoms with Gasteiger partial charge >= 0.3 is 232 Å². The first-order chi connectivity index (χ1) is 24.3. The van der Waals surface area contributed by atoms with Crippen LogP contribution in [0.5, 0.6) is 0 Å². The molecule has 9 rings (SSSR count). The van der Waals surface area contributed by atoms with Crippen molar-refractivity contribution < 1.29 is 0 Å². The molecule has 0 bridgehead atoms. The van der Waals surface area contributed by atoms with Crippen molar-refractivity contribution in [1.29, 1.82) is 0 Å². The third-order valence-corrected chi connectivity index (χ3v) is 11.4. The summed E-state index contributed by atoms with van der Waals surface area (Å²) in [5.74, 6) is 0.696. The fourth-order valence-corrected chi connectivity index (χ4v) is 8.72. The van der Waals surface area contributed by atoms with Crippen LogP contribution >= 0.6 is 0 Å². The van der Waals surface area contributed by atoms with Crippen molar-refractivity contribution in [1.82, 2.24) is 15.0 Å². The van der Waals surface area contributed by atoms with Gasteiger partial charge in [-0.3, -0.25) is 0 Å². The molecule has 3 nitrogen and oxygen atoms in total. The van der Waals surface area contributed by atoms with Crippen LogP contribution in [-0.2, 0) is 0 Å². The van der Waals surface area contributed by atoms with Crippen LogP contribution in [0.4, 0.5) is 0 Å². The van der Waals surface area contributed by atoms with Gasteiger partial charge in [-0.1, -0.05) is 60.7 Å². The Hall–Kier alpha value is -5.93. The van der Waals surface area contributed by atoms with Crippen molar-refractivity contribution >= 4 is 35.1 Å². The molecule has 0 N–H and O–H groups in total. The molecule has 0 unspecified atom stereocenters. The molecule has 4 heteroatoms. The number of hydrogen-bond donors (Lipinski definition) is 0. The first-order valence-electron chi connectivity index (χ1n) is 16.4. The Kier molecular flexibility index (Phi) is 7.51. The van der Waals surface area contributed by atoms with E-state index in [1.54, 1.807) is 0 Å². The van der Waals surface area contributed by atoms with Crippen LogP contribution in [0.1, 0.15) is 0 Å². The Morgan fingerprint density at radius 3 is 1.31 bits per heavy atom. The molecular weight excluding hydrogens is 661 g/mol. The van der Waals surface area contributed by atoms with Gasteiger partial charge < -0.3 is 0 Å². The maximum atomic E-state index is 5.27. The molecule has 0 fully saturated rings. The van der Waals surface area contributed by atoms with Gasteiger partial charge in [0.05, 0.1) is 0 Å². The van der Waals surface area contributed by atoms with Crippen LogP contribution in [-0.4, -0.2) is 29.5 Å². The van der Waals surface area contributed by atoms with Gasteiger partial charge in [-0.05, 0) is 0 Å². The molecular formula is C45H29N3Se. The largest absolute Gasteiger partial charge is 0.0617 e. The summed E-state index contributed by atoms with van der Waals surface area (Å²) in [6, 6.07) is 61.8. The average Bonchev–Trinajstić information content (AvgIpc) is 3.63. The fourth-order valence-electron chi connectivity index (χ4n) is 6.43. The second-order valence-electron chi connectivity index (χ2n) is 12.1. The number of fused-ring (bicyclic) bond motifs is 3. The average molecular weight is 691 g/mol. The summed E-state index contributed by atoms with van der Waals surface area (Å²) in [5.41, 5.74) is 11.8. The molecule has 9 aromatic rings. The van der Waals surface area contributed by atoms with Crippen LogP contribution in [0.3, 0.4) is 0 Å². The molecule has 2 aromatic heterocycles. The first-order valence-corrected chi connectivity index (χ1v) is 18.1. The maximum Gasteiger partial charge on any atom is -0.0544 e. The summed E-state index contributed by atoms with van der Waals surface area (Å²) in [7, 11) is 0. The summed E-state index contributed by atoms with van der Waals surface area (Å²) in [4.78, 5) is 15.7. The van der Waals surface area contributed by atoms with Crippen LogP contribution < -0.4 is 0 Å². The van der Waals surface area contributed by atoms with Crippen molar-refractivity contribution in [2.75, 3.05) is 0 Å². The van der Waals surface area contributed by atoms with Gasteiger partial charge in [0, 0.05) is 0 Å². The van der Waals surface area contributed by atoms with Gasteiger partial charge in [0.1, 0.15) is 0 Å². The predicted molar refractivity (Wildman–Crippen MR) is 204 cm³/mol. The molecule has 0 atom stereocenters. The Morgan fingerprint density at radius 1 is 0.347 bits per heavy atom. The minimum atomic E-state index is 0.101. The van der Waals surface area contributed by atoms with E-state index in [9.17, 15) is 0 Å². The molecule has 49 heavy (non-hydrogen) atoms.